The van der Waals surface area contributed by atoms with Crippen LogP contribution in [0.4, 0.5) is 9.93 Å². The zero-order chi connectivity index (χ0) is 17.8. The number of aromatic nitrogens is 2. The molecule has 0 aliphatic carbocycles. The summed E-state index contributed by atoms with van der Waals surface area (Å²) < 4.78 is 0. The van der Waals surface area contributed by atoms with Gasteiger partial charge in [0.1, 0.15) is 5.51 Å². The molecule has 0 unspecified atom stereocenters. The van der Waals surface area contributed by atoms with Gasteiger partial charge in [-0.3, -0.25) is 0 Å². The summed E-state index contributed by atoms with van der Waals surface area (Å²) in [6, 6.07) is 5.91. The van der Waals surface area contributed by atoms with E-state index in [9.17, 15) is 4.79 Å². The van der Waals surface area contributed by atoms with Crippen LogP contribution < -0.4 is 10.2 Å². The second-order valence-corrected chi connectivity index (χ2v) is 7.54. The molecule has 1 fully saturated rings. The SMILES string of the molecule is Cc1cc(CNC(=O)N(C)[C@@H]2CCCN(c3nncs3)C2)ccc1Cl. The van der Waals surface area contributed by atoms with Crippen molar-refractivity contribution >= 4 is 34.1 Å². The first kappa shape index (κ1) is 17.9. The number of carbonyl (C=O) groups is 1. The monoisotopic (exact) mass is 379 g/mol. The molecular weight excluding hydrogens is 358 g/mol. The van der Waals surface area contributed by atoms with E-state index in [4.69, 9.17) is 11.6 Å². The molecular formula is C17H22ClN5OS. The number of nitrogens with zero attached hydrogens (tertiary/aromatic N) is 4. The Labute approximate surface area is 156 Å². The summed E-state index contributed by atoms with van der Waals surface area (Å²) in [7, 11) is 1.86. The van der Waals surface area contributed by atoms with Crippen LogP contribution >= 0.6 is 22.9 Å². The predicted molar refractivity (Wildman–Crippen MR) is 101 cm³/mol. The number of likely N-dealkylation sites (N-methyl/N-ethyl adjacent to an activating group) is 1. The van der Waals surface area contributed by atoms with Crippen LogP contribution in [0.3, 0.4) is 0 Å². The van der Waals surface area contributed by atoms with Crippen LogP contribution in [0.15, 0.2) is 23.7 Å². The molecule has 2 amide bonds. The highest BCUT2D eigenvalue weighted by atomic mass is 35.5. The Morgan fingerprint density at radius 2 is 2.36 bits per heavy atom. The summed E-state index contributed by atoms with van der Waals surface area (Å²) in [4.78, 5) is 16.5. The molecule has 1 aromatic heterocycles. The average molecular weight is 380 g/mol. The van der Waals surface area contributed by atoms with Crippen LogP contribution in [-0.4, -0.2) is 47.3 Å². The van der Waals surface area contributed by atoms with E-state index in [2.05, 4.69) is 20.4 Å². The van der Waals surface area contributed by atoms with E-state index in [0.717, 1.165) is 47.2 Å². The Hall–Kier alpha value is -1.86. The van der Waals surface area contributed by atoms with Gasteiger partial charge in [0.2, 0.25) is 5.13 Å². The van der Waals surface area contributed by atoms with Gasteiger partial charge in [0, 0.05) is 31.7 Å². The van der Waals surface area contributed by atoms with Gasteiger partial charge in [0.05, 0.1) is 6.04 Å². The van der Waals surface area contributed by atoms with Crippen LogP contribution in [-0.2, 0) is 6.54 Å². The maximum Gasteiger partial charge on any atom is 0.317 e. The number of rotatable bonds is 4. The molecule has 1 aliphatic rings. The minimum absolute atomic E-state index is 0.0586. The van der Waals surface area contributed by atoms with Crippen LogP contribution in [0.2, 0.25) is 5.02 Å². The molecule has 1 aliphatic heterocycles. The van der Waals surface area contributed by atoms with Crippen LogP contribution in [0.1, 0.15) is 24.0 Å². The third-order valence-corrected chi connectivity index (χ3v) is 5.72. The number of halogens is 1. The van der Waals surface area contributed by atoms with Crippen LogP contribution in [0, 0.1) is 6.92 Å². The lowest BCUT2D eigenvalue weighted by atomic mass is 10.1. The predicted octanol–water partition coefficient (Wildman–Crippen LogP) is 3.31. The smallest absolute Gasteiger partial charge is 0.317 e. The number of hydrogen-bond donors (Lipinski definition) is 1. The number of aryl methyl sites for hydroxylation is 1. The molecule has 1 saturated heterocycles. The highest BCUT2D eigenvalue weighted by Gasteiger charge is 2.27. The number of benzene rings is 1. The van der Waals surface area contributed by atoms with Gasteiger partial charge in [-0.15, -0.1) is 10.2 Å². The van der Waals surface area contributed by atoms with E-state index in [1.165, 1.54) is 11.3 Å². The second kappa shape index (κ2) is 8.01. The van der Waals surface area contributed by atoms with Crippen molar-refractivity contribution in [3.8, 4) is 0 Å². The maximum atomic E-state index is 12.5. The van der Waals surface area contributed by atoms with Gasteiger partial charge in [0.15, 0.2) is 0 Å². The molecule has 6 nitrogen and oxygen atoms in total. The van der Waals surface area contributed by atoms with E-state index in [0.29, 0.717) is 6.54 Å². The van der Waals surface area contributed by atoms with Crippen molar-refractivity contribution in [1.82, 2.24) is 20.4 Å². The zero-order valence-corrected chi connectivity index (χ0v) is 16.0. The average Bonchev–Trinajstić information content (AvgIpc) is 3.16. The summed E-state index contributed by atoms with van der Waals surface area (Å²) in [6.07, 6.45) is 2.04. The first-order valence-corrected chi connectivity index (χ1v) is 9.57. The maximum absolute atomic E-state index is 12.5. The van der Waals surface area contributed by atoms with Gasteiger partial charge in [0.25, 0.3) is 0 Å². The molecule has 2 aromatic rings. The number of piperidine rings is 1. The largest absolute Gasteiger partial charge is 0.345 e. The molecule has 0 bridgehead atoms. The van der Waals surface area contributed by atoms with Gasteiger partial charge in [-0.05, 0) is 37.0 Å². The Morgan fingerprint density at radius 1 is 1.52 bits per heavy atom. The molecule has 1 atom stereocenters. The number of nitrogens with one attached hydrogen (secondary N) is 1. The quantitative estimate of drug-likeness (QED) is 0.885. The zero-order valence-electron chi connectivity index (χ0n) is 14.4. The Morgan fingerprint density at radius 3 is 3.08 bits per heavy atom. The van der Waals surface area contributed by atoms with E-state index in [1.807, 2.05) is 32.2 Å². The lowest BCUT2D eigenvalue weighted by molar-refractivity contribution is 0.182. The van der Waals surface area contributed by atoms with Crippen molar-refractivity contribution < 1.29 is 4.79 Å². The molecule has 2 heterocycles. The fourth-order valence-electron chi connectivity index (χ4n) is 3.03. The standard InChI is InChI=1S/C17H22ClN5OS/c1-12-8-13(5-6-15(12)18)9-19-16(24)22(2)14-4-3-7-23(10-14)17-21-20-11-25-17/h5-6,8,11,14H,3-4,7,9-10H2,1-2H3,(H,19,24)/t14-/m1/s1. The molecule has 25 heavy (non-hydrogen) atoms. The van der Waals surface area contributed by atoms with Gasteiger partial charge >= 0.3 is 6.03 Å². The highest BCUT2D eigenvalue weighted by Crippen LogP contribution is 2.23. The van der Waals surface area contributed by atoms with Gasteiger partial charge in [-0.1, -0.05) is 35.1 Å². The first-order chi connectivity index (χ1) is 12.0. The third kappa shape index (κ3) is 4.41. The minimum atomic E-state index is -0.0586. The van der Waals surface area contributed by atoms with Crippen LogP contribution in [0.25, 0.3) is 0 Å². The number of amides is 2. The van der Waals surface area contributed by atoms with Crippen molar-refractivity contribution in [2.24, 2.45) is 0 Å². The molecule has 8 heteroatoms. The summed E-state index contributed by atoms with van der Waals surface area (Å²) in [5.41, 5.74) is 3.80. The minimum Gasteiger partial charge on any atom is -0.345 e. The lowest BCUT2D eigenvalue weighted by Crippen LogP contribution is -2.51. The molecule has 1 aromatic carbocycles. The van der Waals surface area contributed by atoms with Crippen molar-refractivity contribution in [1.29, 1.82) is 0 Å². The number of carbonyl (C=O) groups excluding carboxylic acids is 1. The van der Waals surface area contributed by atoms with E-state index in [-0.39, 0.29) is 12.1 Å². The van der Waals surface area contributed by atoms with E-state index < -0.39 is 0 Å². The van der Waals surface area contributed by atoms with Crippen LogP contribution in [0.5, 0.6) is 0 Å². The normalized spacial score (nSPS) is 17.4. The number of hydrogen-bond acceptors (Lipinski definition) is 5. The Balaban J connectivity index is 1.55. The van der Waals surface area contributed by atoms with Gasteiger partial charge < -0.3 is 15.1 Å². The Bertz CT molecular complexity index is 724. The first-order valence-electron chi connectivity index (χ1n) is 8.31. The van der Waals surface area contributed by atoms with Gasteiger partial charge in [-0.25, -0.2) is 4.79 Å². The second-order valence-electron chi connectivity index (χ2n) is 6.32. The topological polar surface area (TPSA) is 61.4 Å². The molecule has 0 radical (unpaired) electrons. The summed E-state index contributed by atoms with van der Waals surface area (Å²) >= 11 is 7.58. The molecule has 3 rings (SSSR count). The van der Waals surface area contributed by atoms with Gasteiger partial charge in [-0.2, -0.15) is 0 Å². The van der Waals surface area contributed by atoms with E-state index >= 15 is 0 Å². The molecule has 0 spiro atoms. The number of urea groups is 1. The molecule has 134 valence electrons. The number of anilines is 1. The Kier molecular flexibility index (Phi) is 5.75. The van der Waals surface area contributed by atoms with Crippen molar-refractivity contribution in [2.75, 3.05) is 25.0 Å². The van der Waals surface area contributed by atoms with Crippen molar-refractivity contribution in [2.45, 2.75) is 32.4 Å². The highest BCUT2D eigenvalue weighted by molar-refractivity contribution is 7.13. The third-order valence-electron chi connectivity index (χ3n) is 4.55. The fraction of sp³-hybridized carbons (Fsp3) is 0.471. The summed E-state index contributed by atoms with van der Waals surface area (Å²) in [5, 5.41) is 12.7. The van der Waals surface area contributed by atoms with E-state index in [1.54, 1.807) is 10.4 Å². The molecule has 1 N–H and O–H groups in total. The van der Waals surface area contributed by atoms with Crippen molar-refractivity contribution in [3.63, 3.8) is 0 Å². The lowest BCUT2D eigenvalue weighted by Gasteiger charge is -2.37. The fourth-order valence-corrected chi connectivity index (χ4v) is 3.75. The molecule has 0 saturated carbocycles. The summed E-state index contributed by atoms with van der Waals surface area (Å²) in [6.45, 7) is 4.21. The summed E-state index contributed by atoms with van der Waals surface area (Å²) in [5.74, 6) is 0. The van der Waals surface area contributed by atoms with Crippen molar-refractivity contribution in [3.05, 3.63) is 39.9 Å².